The second-order valence-electron chi connectivity index (χ2n) is 5.83. The number of carboxylic acids is 1. The number of rotatable bonds is 4. The maximum Gasteiger partial charge on any atom is 0.337 e. The maximum atomic E-state index is 10.9. The Bertz CT molecular complexity index is 465. The summed E-state index contributed by atoms with van der Waals surface area (Å²) in [6, 6.07) is 5.05. The Labute approximate surface area is 114 Å². The van der Waals surface area contributed by atoms with Crippen LogP contribution in [0.2, 0.25) is 0 Å². The van der Waals surface area contributed by atoms with Gasteiger partial charge in [0.25, 0.3) is 0 Å². The van der Waals surface area contributed by atoms with E-state index in [9.17, 15) is 4.79 Å². The summed E-state index contributed by atoms with van der Waals surface area (Å²) < 4.78 is 0. The highest BCUT2D eigenvalue weighted by atomic mass is 16.4. The molecule has 0 heterocycles. The van der Waals surface area contributed by atoms with Crippen LogP contribution in [0.1, 0.15) is 49.4 Å². The van der Waals surface area contributed by atoms with Gasteiger partial charge in [0, 0.05) is 17.9 Å². The molecular weight excluding hydrogens is 240 g/mol. The number of benzene rings is 1. The van der Waals surface area contributed by atoms with Gasteiger partial charge in [0.15, 0.2) is 0 Å². The Morgan fingerprint density at radius 2 is 2.05 bits per heavy atom. The number of hydrogen-bond acceptors (Lipinski definition) is 3. The molecule has 1 aliphatic rings. The zero-order chi connectivity index (χ0) is 13.9. The summed E-state index contributed by atoms with van der Waals surface area (Å²) in [6.45, 7) is 3.23. The van der Waals surface area contributed by atoms with Crippen LogP contribution in [0.15, 0.2) is 18.2 Å². The van der Waals surface area contributed by atoms with Crippen LogP contribution in [0, 0.1) is 5.41 Å². The summed E-state index contributed by atoms with van der Waals surface area (Å²) in [5.41, 5.74) is 7.46. The lowest BCUT2D eigenvalue weighted by Crippen LogP contribution is -2.28. The van der Waals surface area contributed by atoms with E-state index < -0.39 is 5.97 Å². The molecule has 1 saturated carbocycles. The highest BCUT2D eigenvalue weighted by Gasteiger charge is 2.26. The molecule has 0 saturated heterocycles. The van der Waals surface area contributed by atoms with Gasteiger partial charge in [-0.05, 0) is 36.5 Å². The van der Waals surface area contributed by atoms with E-state index in [1.54, 1.807) is 18.2 Å². The van der Waals surface area contributed by atoms with E-state index in [-0.39, 0.29) is 5.56 Å². The fraction of sp³-hybridized carbons (Fsp3) is 0.533. The summed E-state index contributed by atoms with van der Waals surface area (Å²) in [6.07, 6.45) is 6.46. The molecule has 1 aromatic carbocycles. The Balaban J connectivity index is 2.00. The highest BCUT2D eigenvalue weighted by Crippen LogP contribution is 2.35. The number of carboxylic acid groups (broad SMARTS) is 1. The van der Waals surface area contributed by atoms with E-state index in [2.05, 4.69) is 12.2 Å². The number of nitrogens with one attached hydrogen (secondary N) is 1. The third-order valence-electron chi connectivity index (χ3n) is 4.06. The van der Waals surface area contributed by atoms with Gasteiger partial charge in [-0.25, -0.2) is 4.79 Å². The third kappa shape index (κ3) is 3.40. The van der Waals surface area contributed by atoms with Crippen molar-refractivity contribution < 1.29 is 9.90 Å². The van der Waals surface area contributed by atoms with E-state index in [4.69, 9.17) is 10.8 Å². The van der Waals surface area contributed by atoms with Crippen LogP contribution in [-0.4, -0.2) is 17.6 Å². The minimum absolute atomic E-state index is 0.162. The first kappa shape index (κ1) is 13.7. The average Bonchev–Trinajstić information content (AvgIpc) is 2.37. The number of carbonyl (C=O) groups is 1. The standard InChI is InChI=1S/C15H22N2O2/c1-15(7-3-2-4-8-15)10-17-11-5-6-12(14(18)19)13(16)9-11/h5-6,9,17H,2-4,7-8,10,16H2,1H3,(H,18,19). The van der Waals surface area contributed by atoms with Crippen LogP contribution in [0.5, 0.6) is 0 Å². The summed E-state index contributed by atoms with van der Waals surface area (Å²) in [4.78, 5) is 10.9. The lowest BCUT2D eigenvalue weighted by Gasteiger charge is -2.34. The molecule has 2 rings (SSSR count). The van der Waals surface area contributed by atoms with Crippen molar-refractivity contribution in [2.75, 3.05) is 17.6 Å². The van der Waals surface area contributed by atoms with Gasteiger partial charge in [0.2, 0.25) is 0 Å². The predicted molar refractivity (Wildman–Crippen MR) is 77.5 cm³/mol. The van der Waals surface area contributed by atoms with Crippen molar-refractivity contribution in [1.29, 1.82) is 0 Å². The average molecular weight is 262 g/mol. The number of anilines is 2. The van der Waals surface area contributed by atoms with Crippen molar-refractivity contribution in [1.82, 2.24) is 0 Å². The van der Waals surface area contributed by atoms with Crippen LogP contribution in [0.4, 0.5) is 11.4 Å². The van der Waals surface area contributed by atoms with Gasteiger partial charge in [-0.3, -0.25) is 0 Å². The van der Waals surface area contributed by atoms with Gasteiger partial charge in [-0.2, -0.15) is 0 Å². The molecule has 0 atom stereocenters. The van der Waals surface area contributed by atoms with Gasteiger partial charge in [-0.15, -0.1) is 0 Å². The molecule has 0 aromatic heterocycles. The second-order valence-corrected chi connectivity index (χ2v) is 5.83. The number of hydrogen-bond donors (Lipinski definition) is 3. The molecule has 4 nitrogen and oxygen atoms in total. The van der Waals surface area contributed by atoms with Crippen LogP contribution in [0.3, 0.4) is 0 Å². The van der Waals surface area contributed by atoms with Crippen LogP contribution >= 0.6 is 0 Å². The van der Waals surface area contributed by atoms with Crippen LogP contribution < -0.4 is 11.1 Å². The molecule has 104 valence electrons. The minimum Gasteiger partial charge on any atom is -0.478 e. The van der Waals surface area contributed by atoms with Crippen LogP contribution in [0.25, 0.3) is 0 Å². The molecule has 0 radical (unpaired) electrons. The predicted octanol–water partition coefficient (Wildman–Crippen LogP) is 3.35. The molecule has 0 unspecified atom stereocenters. The van der Waals surface area contributed by atoms with Gasteiger partial charge in [-0.1, -0.05) is 26.2 Å². The number of aromatic carboxylic acids is 1. The summed E-state index contributed by atoms with van der Waals surface area (Å²) in [5.74, 6) is -0.983. The van der Waals surface area contributed by atoms with Crippen molar-refractivity contribution in [2.24, 2.45) is 5.41 Å². The monoisotopic (exact) mass is 262 g/mol. The molecule has 4 N–H and O–H groups in total. The summed E-state index contributed by atoms with van der Waals surface area (Å²) in [5, 5.41) is 12.3. The summed E-state index contributed by atoms with van der Waals surface area (Å²) >= 11 is 0. The Hall–Kier alpha value is -1.71. The van der Waals surface area contributed by atoms with E-state index in [0.29, 0.717) is 11.1 Å². The molecule has 0 aliphatic heterocycles. The summed E-state index contributed by atoms with van der Waals surface area (Å²) in [7, 11) is 0. The van der Waals surface area contributed by atoms with E-state index >= 15 is 0 Å². The molecule has 0 spiro atoms. The molecule has 1 fully saturated rings. The van der Waals surface area contributed by atoms with Crippen molar-refractivity contribution in [3.8, 4) is 0 Å². The molecule has 1 aromatic rings. The molecule has 0 bridgehead atoms. The van der Waals surface area contributed by atoms with Crippen molar-refractivity contribution in [2.45, 2.75) is 39.0 Å². The Kier molecular flexibility index (Phi) is 3.98. The van der Waals surface area contributed by atoms with E-state index in [0.717, 1.165) is 12.2 Å². The Morgan fingerprint density at radius 3 is 2.63 bits per heavy atom. The van der Waals surface area contributed by atoms with Gasteiger partial charge in [0.1, 0.15) is 0 Å². The number of nitrogens with two attached hydrogens (primary N) is 1. The molecular formula is C15H22N2O2. The molecule has 19 heavy (non-hydrogen) atoms. The van der Waals surface area contributed by atoms with Gasteiger partial charge in [0.05, 0.1) is 5.56 Å². The second kappa shape index (κ2) is 5.51. The van der Waals surface area contributed by atoms with E-state index in [1.807, 2.05) is 0 Å². The lowest BCUT2D eigenvalue weighted by atomic mass is 9.76. The maximum absolute atomic E-state index is 10.9. The smallest absolute Gasteiger partial charge is 0.337 e. The fourth-order valence-corrected chi connectivity index (χ4v) is 2.77. The molecule has 4 heteroatoms. The van der Waals surface area contributed by atoms with Gasteiger partial charge >= 0.3 is 5.97 Å². The topological polar surface area (TPSA) is 75.3 Å². The first-order valence-corrected chi connectivity index (χ1v) is 6.87. The minimum atomic E-state index is -0.983. The van der Waals surface area contributed by atoms with Crippen molar-refractivity contribution >= 4 is 17.3 Å². The zero-order valence-corrected chi connectivity index (χ0v) is 11.4. The molecule has 1 aliphatic carbocycles. The SMILES string of the molecule is CC1(CNc2ccc(C(=O)O)c(N)c2)CCCCC1. The fourth-order valence-electron chi connectivity index (χ4n) is 2.77. The largest absolute Gasteiger partial charge is 0.478 e. The highest BCUT2D eigenvalue weighted by molar-refractivity contribution is 5.94. The number of nitrogen functional groups attached to an aromatic ring is 1. The van der Waals surface area contributed by atoms with Gasteiger partial charge < -0.3 is 16.2 Å². The Morgan fingerprint density at radius 1 is 1.37 bits per heavy atom. The quantitative estimate of drug-likeness (QED) is 0.727. The molecule has 0 amide bonds. The third-order valence-corrected chi connectivity index (χ3v) is 4.06. The zero-order valence-electron chi connectivity index (χ0n) is 11.4. The first-order chi connectivity index (χ1) is 9.00. The lowest BCUT2D eigenvalue weighted by molar-refractivity contribution is 0.0698. The van der Waals surface area contributed by atoms with Crippen LogP contribution in [-0.2, 0) is 0 Å². The van der Waals surface area contributed by atoms with Crippen molar-refractivity contribution in [3.05, 3.63) is 23.8 Å². The first-order valence-electron chi connectivity index (χ1n) is 6.87. The normalized spacial score (nSPS) is 17.9. The van der Waals surface area contributed by atoms with E-state index in [1.165, 1.54) is 32.1 Å². The van der Waals surface area contributed by atoms with Crippen molar-refractivity contribution in [3.63, 3.8) is 0 Å².